The molecule has 3 amide bonds. The molecule has 6 nitrogen and oxygen atoms in total. The molecular formula is C22H25N3O3S. The van der Waals surface area contributed by atoms with Crippen LogP contribution in [0.4, 0.5) is 5.69 Å². The van der Waals surface area contributed by atoms with Crippen molar-refractivity contribution in [2.45, 2.75) is 24.7 Å². The van der Waals surface area contributed by atoms with Gasteiger partial charge in [0.2, 0.25) is 5.91 Å². The third kappa shape index (κ3) is 4.79. The molecule has 3 rings (SSSR count). The number of nitrogens with two attached hydrogens (primary N) is 1. The Labute approximate surface area is 174 Å². The lowest BCUT2D eigenvalue weighted by atomic mass is 9.95. The van der Waals surface area contributed by atoms with Crippen molar-refractivity contribution < 1.29 is 14.4 Å². The van der Waals surface area contributed by atoms with Gasteiger partial charge in [-0.15, -0.1) is 11.8 Å². The van der Waals surface area contributed by atoms with Crippen molar-refractivity contribution in [1.82, 2.24) is 4.90 Å². The lowest BCUT2D eigenvalue weighted by molar-refractivity contribution is -0.123. The second-order valence-electron chi connectivity index (χ2n) is 7.15. The summed E-state index contributed by atoms with van der Waals surface area (Å²) in [5.74, 6) is -0.891. The van der Waals surface area contributed by atoms with E-state index in [1.807, 2.05) is 31.4 Å². The van der Waals surface area contributed by atoms with Crippen LogP contribution in [-0.2, 0) is 4.79 Å². The predicted octanol–water partition coefficient (Wildman–Crippen LogP) is 3.31. The van der Waals surface area contributed by atoms with Crippen LogP contribution in [0.5, 0.6) is 0 Å². The summed E-state index contributed by atoms with van der Waals surface area (Å²) in [6, 6.07) is 12.8. The highest BCUT2D eigenvalue weighted by Gasteiger charge is 2.27. The van der Waals surface area contributed by atoms with Crippen LogP contribution in [0.25, 0.3) is 0 Å². The minimum Gasteiger partial charge on any atom is -0.369 e. The van der Waals surface area contributed by atoms with Crippen LogP contribution in [-0.4, -0.2) is 42.0 Å². The minimum absolute atomic E-state index is 0.154. The van der Waals surface area contributed by atoms with E-state index < -0.39 is 0 Å². The van der Waals surface area contributed by atoms with Gasteiger partial charge in [-0.3, -0.25) is 14.4 Å². The standard InChI is InChI=1S/C22H25N3O3S/c1-14-7-8-16(29-2)13-18(14)21(27)24-19-6-4-3-5-17(19)22(28)25-11-9-15(10-12-25)20(23)26/h3-8,13,15H,9-12H2,1-2H3,(H2,23,26)(H,24,27). The molecule has 1 aliphatic heterocycles. The fourth-order valence-electron chi connectivity index (χ4n) is 3.48. The van der Waals surface area contributed by atoms with Gasteiger partial charge in [0.15, 0.2) is 0 Å². The average Bonchev–Trinajstić information content (AvgIpc) is 2.74. The molecule has 1 saturated heterocycles. The van der Waals surface area contributed by atoms with E-state index in [-0.39, 0.29) is 23.6 Å². The van der Waals surface area contributed by atoms with E-state index >= 15 is 0 Å². The van der Waals surface area contributed by atoms with Crippen molar-refractivity contribution in [3.63, 3.8) is 0 Å². The number of thioether (sulfide) groups is 1. The maximum Gasteiger partial charge on any atom is 0.255 e. The molecule has 3 N–H and O–H groups in total. The number of benzene rings is 2. The predicted molar refractivity (Wildman–Crippen MR) is 115 cm³/mol. The minimum atomic E-state index is -0.312. The highest BCUT2D eigenvalue weighted by molar-refractivity contribution is 7.98. The van der Waals surface area contributed by atoms with E-state index in [9.17, 15) is 14.4 Å². The zero-order valence-corrected chi connectivity index (χ0v) is 17.4. The van der Waals surface area contributed by atoms with Gasteiger partial charge in [-0.1, -0.05) is 18.2 Å². The molecule has 152 valence electrons. The van der Waals surface area contributed by atoms with Gasteiger partial charge in [0.1, 0.15) is 0 Å². The first-order valence-electron chi connectivity index (χ1n) is 9.54. The van der Waals surface area contributed by atoms with Gasteiger partial charge < -0.3 is 16.0 Å². The van der Waals surface area contributed by atoms with E-state index in [2.05, 4.69) is 5.32 Å². The number of aryl methyl sites for hydroxylation is 1. The number of carbonyl (C=O) groups is 3. The number of carbonyl (C=O) groups excluding carboxylic acids is 3. The number of para-hydroxylation sites is 1. The van der Waals surface area contributed by atoms with Crippen molar-refractivity contribution in [2.75, 3.05) is 24.7 Å². The van der Waals surface area contributed by atoms with Crippen LogP contribution in [0.15, 0.2) is 47.4 Å². The smallest absolute Gasteiger partial charge is 0.255 e. The Morgan fingerprint density at radius 2 is 1.76 bits per heavy atom. The SMILES string of the molecule is CSc1ccc(C)c(C(=O)Nc2ccccc2C(=O)N2CCC(C(N)=O)CC2)c1. The molecule has 0 aromatic heterocycles. The van der Waals surface area contributed by atoms with E-state index in [1.165, 1.54) is 0 Å². The molecule has 0 atom stereocenters. The number of amides is 3. The van der Waals surface area contributed by atoms with Crippen LogP contribution in [0.2, 0.25) is 0 Å². The van der Waals surface area contributed by atoms with Crippen LogP contribution in [0.3, 0.4) is 0 Å². The van der Waals surface area contributed by atoms with Gasteiger partial charge in [-0.05, 0) is 55.9 Å². The van der Waals surface area contributed by atoms with Crippen molar-refractivity contribution in [2.24, 2.45) is 11.7 Å². The maximum absolute atomic E-state index is 13.0. The van der Waals surface area contributed by atoms with E-state index in [4.69, 9.17) is 5.73 Å². The zero-order chi connectivity index (χ0) is 21.0. The van der Waals surface area contributed by atoms with E-state index in [0.717, 1.165) is 10.5 Å². The maximum atomic E-state index is 13.0. The fourth-order valence-corrected chi connectivity index (χ4v) is 3.92. The molecule has 1 heterocycles. The van der Waals surface area contributed by atoms with Gasteiger partial charge in [-0.25, -0.2) is 0 Å². The molecule has 0 saturated carbocycles. The summed E-state index contributed by atoms with van der Waals surface area (Å²) in [4.78, 5) is 40.0. The Morgan fingerprint density at radius 1 is 1.07 bits per heavy atom. The van der Waals surface area contributed by atoms with Crippen molar-refractivity contribution in [3.05, 3.63) is 59.2 Å². The van der Waals surface area contributed by atoms with Crippen molar-refractivity contribution >= 4 is 35.2 Å². The molecule has 0 radical (unpaired) electrons. The summed E-state index contributed by atoms with van der Waals surface area (Å²) in [6.45, 7) is 2.84. The summed E-state index contributed by atoms with van der Waals surface area (Å²) in [5.41, 5.74) is 7.75. The van der Waals surface area contributed by atoms with Crippen molar-refractivity contribution in [3.8, 4) is 0 Å². The number of hydrogen-bond donors (Lipinski definition) is 2. The third-order valence-corrected chi connectivity index (χ3v) is 6.00. The number of nitrogens with zero attached hydrogens (tertiary/aromatic N) is 1. The monoisotopic (exact) mass is 411 g/mol. The largest absolute Gasteiger partial charge is 0.369 e. The molecule has 7 heteroatoms. The van der Waals surface area contributed by atoms with Gasteiger partial charge in [-0.2, -0.15) is 0 Å². The number of anilines is 1. The fraction of sp³-hybridized carbons (Fsp3) is 0.318. The molecule has 29 heavy (non-hydrogen) atoms. The molecule has 1 fully saturated rings. The molecule has 0 aliphatic carbocycles. The Hall–Kier alpha value is -2.80. The molecule has 1 aliphatic rings. The summed E-state index contributed by atoms with van der Waals surface area (Å²) >= 11 is 1.57. The third-order valence-electron chi connectivity index (χ3n) is 5.28. The van der Waals surface area contributed by atoms with Crippen LogP contribution in [0, 0.1) is 12.8 Å². The molecule has 0 spiro atoms. The Bertz CT molecular complexity index is 937. The van der Waals surface area contributed by atoms with Gasteiger partial charge in [0, 0.05) is 29.5 Å². The highest BCUT2D eigenvalue weighted by atomic mass is 32.2. The number of hydrogen-bond acceptors (Lipinski definition) is 4. The zero-order valence-electron chi connectivity index (χ0n) is 16.6. The first-order chi connectivity index (χ1) is 13.9. The molecule has 0 bridgehead atoms. The Kier molecular flexibility index (Phi) is 6.59. The number of likely N-dealkylation sites (tertiary alicyclic amines) is 1. The summed E-state index contributed by atoms with van der Waals surface area (Å²) < 4.78 is 0. The highest BCUT2D eigenvalue weighted by Crippen LogP contribution is 2.24. The quantitative estimate of drug-likeness (QED) is 0.739. The summed E-state index contributed by atoms with van der Waals surface area (Å²) in [5, 5.41) is 2.90. The first kappa shape index (κ1) is 20.9. The number of piperidine rings is 1. The summed E-state index contributed by atoms with van der Waals surface area (Å²) in [6.07, 6.45) is 3.09. The molecular weight excluding hydrogens is 386 g/mol. The average molecular weight is 412 g/mol. The summed E-state index contributed by atoms with van der Waals surface area (Å²) in [7, 11) is 0. The number of rotatable bonds is 5. The second kappa shape index (κ2) is 9.13. The van der Waals surface area contributed by atoms with E-state index in [1.54, 1.807) is 40.9 Å². The van der Waals surface area contributed by atoms with Crippen LogP contribution >= 0.6 is 11.8 Å². The van der Waals surface area contributed by atoms with Crippen molar-refractivity contribution in [1.29, 1.82) is 0 Å². The Balaban J connectivity index is 1.78. The lowest BCUT2D eigenvalue weighted by Gasteiger charge is -2.31. The van der Waals surface area contributed by atoms with Crippen LogP contribution in [0.1, 0.15) is 39.1 Å². The topological polar surface area (TPSA) is 92.5 Å². The Morgan fingerprint density at radius 3 is 2.41 bits per heavy atom. The first-order valence-corrected chi connectivity index (χ1v) is 10.8. The van der Waals surface area contributed by atoms with Crippen LogP contribution < -0.4 is 11.1 Å². The molecule has 2 aromatic carbocycles. The molecule has 0 unspecified atom stereocenters. The lowest BCUT2D eigenvalue weighted by Crippen LogP contribution is -2.42. The second-order valence-corrected chi connectivity index (χ2v) is 8.03. The van der Waals surface area contributed by atoms with E-state index in [0.29, 0.717) is 42.7 Å². The van der Waals surface area contributed by atoms with Gasteiger partial charge in [0.25, 0.3) is 11.8 Å². The van der Waals surface area contributed by atoms with Gasteiger partial charge in [0.05, 0.1) is 11.3 Å². The normalized spacial score (nSPS) is 14.5. The molecule has 2 aromatic rings. The number of primary amides is 1. The number of nitrogens with one attached hydrogen (secondary N) is 1. The van der Waals surface area contributed by atoms with Gasteiger partial charge >= 0.3 is 0 Å².